The van der Waals surface area contributed by atoms with E-state index in [4.69, 9.17) is 15.0 Å². The van der Waals surface area contributed by atoms with Crippen LogP contribution in [0.15, 0.2) is 16.7 Å². The van der Waals surface area contributed by atoms with Crippen LogP contribution in [0.25, 0.3) is 0 Å². The Balaban J connectivity index is 1.50. The lowest BCUT2D eigenvalue weighted by Crippen LogP contribution is -2.38. The number of rotatable bonds is 7. The van der Waals surface area contributed by atoms with Crippen molar-refractivity contribution in [2.45, 2.75) is 64.5 Å². The molecule has 0 aliphatic heterocycles. The van der Waals surface area contributed by atoms with E-state index in [2.05, 4.69) is 20.7 Å². The van der Waals surface area contributed by atoms with Crippen LogP contribution in [-0.4, -0.2) is 39.4 Å². The zero-order valence-electron chi connectivity index (χ0n) is 16.4. The molecule has 1 amide bonds. The number of carbonyl (C=O) groups is 2. The quantitative estimate of drug-likeness (QED) is 0.616. The highest BCUT2D eigenvalue weighted by Crippen LogP contribution is 2.36. The number of nitrogens with zero attached hydrogens (tertiary/aromatic N) is 2. The van der Waals surface area contributed by atoms with Gasteiger partial charge in [-0.2, -0.15) is 5.10 Å². The molecule has 2 heterocycles. The third-order valence-corrected chi connectivity index (χ3v) is 4.97. The SMILES string of the molecule is Cc1cc(CC(=O)Nc2cc([C@H]3CC[C@@H](OC(=O)[C@H](N)C(C)C)C3)[nH]n2)on1. The lowest BCUT2D eigenvalue weighted by Gasteiger charge is -2.18. The molecular formula is C19H27N5O4. The lowest BCUT2D eigenvalue weighted by molar-refractivity contribution is -0.151. The minimum absolute atomic E-state index is 0.0457. The molecule has 1 saturated carbocycles. The van der Waals surface area contributed by atoms with Crippen molar-refractivity contribution in [1.29, 1.82) is 0 Å². The van der Waals surface area contributed by atoms with Gasteiger partial charge in [-0.05, 0) is 32.1 Å². The Morgan fingerprint density at radius 3 is 2.86 bits per heavy atom. The molecule has 28 heavy (non-hydrogen) atoms. The number of H-pyrrole nitrogens is 1. The first-order valence-corrected chi connectivity index (χ1v) is 9.55. The molecule has 9 heteroatoms. The van der Waals surface area contributed by atoms with Crippen molar-refractivity contribution >= 4 is 17.7 Å². The Morgan fingerprint density at radius 1 is 1.39 bits per heavy atom. The van der Waals surface area contributed by atoms with Crippen molar-refractivity contribution in [1.82, 2.24) is 15.4 Å². The van der Waals surface area contributed by atoms with Gasteiger partial charge in [-0.25, -0.2) is 0 Å². The molecule has 0 saturated heterocycles. The maximum Gasteiger partial charge on any atom is 0.323 e. The molecule has 0 aromatic carbocycles. The van der Waals surface area contributed by atoms with Crippen molar-refractivity contribution in [3.05, 3.63) is 29.3 Å². The zero-order valence-corrected chi connectivity index (χ0v) is 16.4. The van der Waals surface area contributed by atoms with Crippen LogP contribution in [0.1, 0.15) is 56.2 Å². The van der Waals surface area contributed by atoms with E-state index in [-0.39, 0.29) is 36.2 Å². The van der Waals surface area contributed by atoms with E-state index in [0.717, 1.165) is 24.2 Å². The minimum atomic E-state index is -0.596. The van der Waals surface area contributed by atoms with Gasteiger partial charge in [0.05, 0.1) is 12.1 Å². The zero-order chi connectivity index (χ0) is 20.3. The summed E-state index contributed by atoms with van der Waals surface area (Å²) in [6.45, 7) is 5.59. The molecule has 3 rings (SSSR count). The molecule has 1 aliphatic carbocycles. The van der Waals surface area contributed by atoms with Gasteiger partial charge in [0.1, 0.15) is 17.9 Å². The second-order valence-electron chi connectivity index (χ2n) is 7.71. The molecular weight excluding hydrogens is 362 g/mol. The van der Waals surface area contributed by atoms with Gasteiger partial charge < -0.3 is 20.3 Å². The van der Waals surface area contributed by atoms with Gasteiger partial charge in [0.25, 0.3) is 0 Å². The fourth-order valence-electron chi connectivity index (χ4n) is 3.30. The average Bonchev–Trinajstić information content (AvgIpc) is 3.36. The average molecular weight is 389 g/mol. The Kier molecular flexibility index (Phi) is 6.13. The largest absolute Gasteiger partial charge is 0.461 e. The molecule has 2 aromatic rings. The predicted octanol–water partition coefficient (Wildman–Crippen LogP) is 2.05. The van der Waals surface area contributed by atoms with Gasteiger partial charge in [0, 0.05) is 23.7 Å². The van der Waals surface area contributed by atoms with Gasteiger partial charge in [-0.1, -0.05) is 19.0 Å². The Bertz CT molecular complexity index is 828. The number of aromatic amines is 1. The van der Waals surface area contributed by atoms with Crippen LogP contribution in [-0.2, 0) is 20.7 Å². The maximum atomic E-state index is 12.1. The number of hydrogen-bond donors (Lipinski definition) is 3. The molecule has 9 nitrogen and oxygen atoms in total. The number of nitrogens with one attached hydrogen (secondary N) is 2. The maximum absolute atomic E-state index is 12.1. The summed E-state index contributed by atoms with van der Waals surface area (Å²) >= 11 is 0. The summed E-state index contributed by atoms with van der Waals surface area (Å²) in [4.78, 5) is 24.1. The number of ether oxygens (including phenoxy) is 1. The summed E-state index contributed by atoms with van der Waals surface area (Å²) in [5.74, 6) is 0.632. The summed E-state index contributed by atoms with van der Waals surface area (Å²) in [6, 6.07) is 2.94. The van der Waals surface area contributed by atoms with Gasteiger partial charge in [0.2, 0.25) is 5.91 Å². The van der Waals surface area contributed by atoms with E-state index >= 15 is 0 Å². The Labute approximate surface area is 163 Å². The van der Waals surface area contributed by atoms with E-state index in [1.807, 2.05) is 19.9 Å². The van der Waals surface area contributed by atoms with Crippen LogP contribution < -0.4 is 11.1 Å². The van der Waals surface area contributed by atoms with E-state index in [1.165, 1.54) is 0 Å². The summed E-state index contributed by atoms with van der Waals surface area (Å²) in [7, 11) is 0. The summed E-state index contributed by atoms with van der Waals surface area (Å²) in [6.07, 6.45) is 2.33. The van der Waals surface area contributed by atoms with Crippen LogP contribution in [0, 0.1) is 12.8 Å². The molecule has 2 aromatic heterocycles. The molecule has 0 unspecified atom stereocenters. The minimum Gasteiger partial charge on any atom is -0.461 e. The summed E-state index contributed by atoms with van der Waals surface area (Å²) in [5.41, 5.74) is 7.50. The number of carbonyl (C=O) groups excluding carboxylic acids is 2. The first-order valence-electron chi connectivity index (χ1n) is 9.55. The summed E-state index contributed by atoms with van der Waals surface area (Å²) in [5, 5.41) is 13.6. The van der Waals surface area contributed by atoms with Crippen molar-refractivity contribution in [2.24, 2.45) is 11.7 Å². The van der Waals surface area contributed by atoms with Gasteiger partial charge in [0.15, 0.2) is 5.82 Å². The fourth-order valence-corrected chi connectivity index (χ4v) is 3.30. The van der Waals surface area contributed by atoms with Crippen LogP contribution >= 0.6 is 0 Å². The number of esters is 1. The second kappa shape index (κ2) is 8.55. The Morgan fingerprint density at radius 2 is 2.18 bits per heavy atom. The van der Waals surface area contributed by atoms with Crippen LogP contribution in [0.3, 0.4) is 0 Å². The molecule has 1 fully saturated rings. The predicted molar refractivity (Wildman–Crippen MR) is 101 cm³/mol. The van der Waals surface area contributed by atoms with Crippen molar-refractivity contribution in [3.8, 4) is 0 Å². The molecule has 0 radical (unpaired) electrons. The number of amides is 1. The number of aromatic nitrogens is 3. The van der Waals surface area contributed by atoms with E-state index in [9.17, 15) is 9.59 Å². The number of aryl methyl sites for hydroxylation is 1. The molecule has 0 spiro atoms. The van der Waals surface area contributed by atoms with Gasteiger partial charge in [-0.3, -0.25) is 14.7 Å². The Hall–Kier alpha value is -2.68. The van der Waals surface area contributed by atoms with Gasteiger partial charge >= 0.3 is 5.97 Å². The van der Waals surface area contributed by atoms with Crippen LogP contribution in [0.4, 0.5) is 5.82 Å². The fraction of sp³-hybridized carbons (Fsp3) is 0.579. The first-order chi connectivity index (χ1) is 13.3. The third kappa shape index (κ3) is 4.98. The lowest BCUT2D eigenvalue weighted by atomic mass is 10.0. The molecule has 3 atom stereocenters. The second-order valence-corrected chi connectivity index (χ2v) is 7.71. The highest BCUT2D eigenvalue weighted by Gasteiger charge is 2.31. The summed E-state index contributed by atoms with van der Waals surface area (Å²) < 4.78 is 10.6. The van der Waals surface area contributed by atoms with E-state index < -0.39 is 6.04 Å². The van der Waals surface area contributed by atoms with Crippen molar-refractivity contribution in [3.63, 3.8) is 0 Å². The van der Waals surface area contributed by atoms with Gasteiger partial charge in [-0.15, -0.1) is 0 Å². The standard InChI is InChI=1S/C19H27N5O4/c1-10(2)18(20)19(26)27-13-5-4-12(7-13)15-9-16(23-22-15)21-17(25)8-14-6-11(3)24-28-14/h6,9-10,12-13,18H,4-5,7-8,20H2,1-3H3,(H2,21,22,23,25)/t12-,13+,18+/m0/s1. The van der Waals surface area contributed by atoms with E-state index in [0.29, 0.717) is 18.0 Å². The highest BCUT2D eigenvalue weighted by molar-refractivity contribution is 5.91. The first kappa shape index (κ1) is 20.1. The highest BCUT2D eigenvalue weighted by atomic mass is 16.5. The topological polar surface area (TPSA) is 136 Å². The smallest absolute Gasteiger partial charge is 0.323 e. The van der Waals surface area contributed by atoms with Crippen LogP contribution in [0.2, 0.25) is 0 Å². The van der Waals surface area contributed by atoms with Crippen molar-refractivity contribution < 1.29 is 18.8 Å². The van der Waals surface area contributed by atoms with Crippen molar-refractivity contribution in [2.75, 3.05) is 5.32 Å². The van der Waals surface area contributed by atoms with E-state index in [1.54, 1.807) is 13.0 Å². The molecule has 0 bridgehead atoms. The molecule has 1 aliphatic rings. The van der Waals surface area contributed by atoms with Crippen LogP contribution in [0.5, 0.6) is 0 Å². The number of hydrogen-bond acceptors (Lipinski definition) is 7. The number of anilines is 1. The molecule has 152 valence electrons. The molecule has 4 N–H and O–H groups in total. The third-order valence-electron chi connectivity index (χ3n) is 4.97. The number of nitrogens with two attached hydrogens (primary N) is 1. The normalized spacial score (nSPS) is 20.3. The monoisotopic (exact) mass is 389 g/mol.